The van der Waals surface area contributed by atoms with E-state index in [2.05, 4.69) is 48.8 Å². The number of ketones is 1. The Bertz CT molecular complexity index is 834. The molecule has 0 radical (unpaired) electrons. The normalized spacial score (nSPS) is 10.3. The first-order valence-electron chi connectivity index (χ1n) is 10.8. The van der Waals surface area contributed by atoms with Gasteiger partial charge in [-0.3, -0.25) is 4.79 Å². The molecule has 2 rings (SSSR count). The Morgan fingerprint density at radius 1 is 0.733 bits per heavy atom. The van der Waals surface area contributed by atoms with Gasteiger partial charge in [-0.05, 0) is 68.7 Å². The summed E-state index contributed by atoms with van der Waals surface area (Å²) in [5.41, 5.74) is 7.70. The van der Waals surface area contributed by atoms with Crippen molar-refractivity contribution in [1.29, 1.82) is 0 Å². The Balaban J connectivity index is 0.000000325. The van der Waals surface area contributed by atoms with E-state index in [0.29, 0.717) is 5.56 Å². The van der Waals surface area contributed by atoms with Gasteiger partial charge in [-0.1, -0.05) is 79.0 Å². The number of benzene rings is 2. The van der Waals surface area contributed by atoms with Crippen LogP contribution in [0, 0.1) is 13.8 Å². The number of aryl methyl sites for hydroxylation is 6. The minimum atomic E-state index is -0.759. The van der Waals surface area contributed by atoms with Crippen LogP contribution in [0.3, 0.4) is 0 Å². The number of hydrogen-bond acceptors (Lipinski definition) is 3. The zero-order chi connectivity index (χ0) is 22.8. The smallest absolute Gasteiger partial charge is 0.379 e. The molecule has 4 heteroatoms. The molecule has 0 saturated heterocycles. The van der Waals surface area contributed by atoms with Crippen LogP contribution in [-0.2, 0) is 35.2 Å². The molecule has 0 unspecified atom stereocenters. The standard InChI is InChI=1S/C15H20O3.C11H15Br/c1-5-11-8-10(4)9-12(6-2)13(11)14(16)15(17)18-7-3;1-4-9-6-8(3)7-10(5-2)11(9)12/h8-9H,5-7H2,1-4H3;6-7H,4-5H2,1-3H3. The molecule has 3 nitrogen and oxygen atoms in total. The van der Waals surface area contributed by atoms with Crippen molar-refractivity contribution in [3.8, 4) is 0 Å². The minimum Gasteiger partial charge on any atom is -0.460 e. The lowest BCUT2D eigenvalue weighted by molar-refractivity contribution is -0.137. The number of ether oxygens (including phenoxy) is 1. The molecule has 0 heterocycles. The van der Waals surface area contributed by atoms with Crippen molar-refractivity contribution >= 4 is 27.7 Å². The lowest BCUT2D eigenvalue weighted by atomic mass is 9.92. The number of esters is 1. The van der Waals surface area contributed by atoms with E-state index >= 15 is 0 Å². The Labute approximate surface area is 190 Å². The molecule has 0 aliphatic heterocycles. The van der Waals surface area contributed by atoms with E-state index in [1.54, 1.807) is 6.92 Å². The number of carbonyl (C=O) groups is 2. The van der Waals surface area contributed by atoms with Crippen LogP contribution in [0.2, 0.25) is 0 Å². The molecule has 0 atom stereocenters. The first kappa shape index (κ1) is 26.1. The van der Waals surface area contributed by atoms with Gasteiger partial charge in [0.05, 0.1) is 6.61 Å². The average Bonchev–Trinajstić information content (AvgIpc) is 2.74. The highest BCUT2D eigenvalue weighted by molar-refractivity contribution is 9.10. The third kappa shape index (κ3) is 6.80. The van der Waals surface area contributed by atoms with E-state index in [9.17, 15) is 9.59 Å². The number of rotatable bonds is 7. The van der Waals surface area contributed by atoms with E-state index in [4.69, 9.17) is 4.74 Å². The summed E-state index contributed by atoms with van der Waals surface area (Å²) < 4.78 is 6.10. The topological polar surface area (TPSA) is 43.4 Å². The first-order chi connectivity index (χ1) is 14.2. The second-order valence-electron chi connectivity index (χ2n) is 7.32. The van der Waals surface area contributed by atoms with Crippen molar-refractivity contribution in [2.75, 3.05) is 6.61 Å². The third-order valence-electron chi connectivity index (χ3n) is 5.03. The van der Waals surface area contributed by atoms with E-state index in [1.165, 1.54) is 21.2 Å². The Morgan fingerprint density at radius 2 is 1.10 bits per heavy atom. The predicted molar refractivity (Wildman–Crippen MR) is 129 cm³/mol. The van der Waals surface area contributed by atoms with Gasteiger partial charge in [0.1, 0.15) is 0 Å². The highest BCUT2D eigenvalue weighted by Crippen LogP contribution is 2.24. The van der Waals surface area contributed by atoms with Gasteiger partial charge in [0.25, 0.3) is 5.78 Å². The second kappa shape index (κ2) is 12.7. The van der Waals surface area contributed by atoms with Gasteiger partial charge >= 0.3 is 5.97 Å². The number of carbonyl (C=O) groups excluding carboxylic acids is 2. The molecule has 30 heavy (non-hydrogen) atoms. The van der Waals surface area contributed by atoms with Gasteiger partial charge in [-0.25, -0.2) is 4.79 Å². The van der Waals surface area contributed by atoms with Crippen LogP contribution in [0.5, 0.6) is 0 Å². The molecule has 0 saturated carbocycles. The lowest BCUT2D eigenvalue weighted by Gasteiger charge is -2.13. The minimum absolute atomic E-state index is 0.222. The molecule has 0 bridgehead atoms. The predicted octanol–water partition coefficient (Wildman–Crippen LogP) is 6.75. The van der Waals surface area contributed by atoms with E-state index in [1.807, 2.05) is 32.9 Å². The highest BCUT2D eigenvalue weighted by Gasteiger charge is 2.23. The van der Waals surface area contributed by atoms with Gasteiger partial charge in [0, 0.05) is 10.0 Å². The maximum atomic E-state index is 12.1. The summed E-state index contributed by atoms with van der Waals surface area (Å²) in [5, 5.41) is 0. The van der Waals surface area contributed by atoms with Gasteiger partial charge in [0.2, 0.25) is 0 Å². The van der Waals surface area contributed by atoms with Crippen LogP contribution >= 0.6 is 15.9 Å². The Hall–Kier alpha value is -1.94. The van der Waals surface area contributed by atoms with Crippen molar-refractivity contribution in [1.82, 2.24) is 0 Å². The third-order valence-corrected chi connectivity index (χ3v) is 6.04. The van der Waals surface area contributed by atoms with Gasteiger partial charge in [-0.15, -0.1) is 0 Å². The summed E-state index contributed by atoms with van der Waals surface area (Å²) in [6.45, 7) is 14.4. The Kier molecular flexibility index (Phi) is 11.0. The van der Waals surface area contributed by atoms with Crippen molar-refractivity contribution in [3.05, 3.63) is 67.7 Å². The average molecular weight is 475 g/mol. The zero-order valence-corrected chi connectivity index (χ0v) is 21.0. The molecule has 0 spiro atoms. The van der Waals surface area contributed by atoms with E-state index in [-0.39, 0.29) is 6.61 Å². The molecular formula is C26H35BrO3. The van der Waals surface area contributed by atoms with Crippen LogP contribution in [0.25, 0.3) is 0 Å². The van der Waals surface area contributed by atoms with Crippen LogP contribution in [-0.4, -0.2) is 18.4 Å². The van der Waals surface area contributed by atoms with Gasteiger partial charge < -0.3 is 4.74 Å². The van der Waals surface area contributed by atoms with E-state index in [0.717, 1.165) is 42.4 Å². The largest absolute Gasteiger partial charge is 0.460 e. The fourth-order valence-corrected chi connectivity index (χ4v) is 4.32. The summed E-state index contributed by atoms with van der Waals surface area (Å²) >= 11 is 3.64. The SMILES string of the molecule is CCOC(=O)C(=O)c1c(CC)cc(C)cc1CC.CCc1cc(C)cc(CC)c1Br. The molecule has 0 aromatic heterocycles. The van der Waals surface area contributed by atoms with Crippen LogP contribution < -0.4 is 0 Å². The zero-order valence-electron chi connectivity index (χ0n) is 19.4. The van der Waals surface area contributed by atoms with Gasteiger partial charge in [-0.2, -0.15) is 0 Å². The summed E-state index contributed by atoms with van der Waals surface area (Å²) in [6, 6.07) is 8.43. The molecule has 0 fully saturated rings. The monoisotopic (exact) mass is 474 g/mol. The molecule has 2 aromatic rings. The molecule has 2 aromatic carbocycles. The molecule has 0 aliphatic carbocycles. The summed E-state index contributed by atoms with van der Waals surface area (Å²) in [5.74, 6) is -1.28. The molecule has 0 amide bonds. The van der Waals surface area contributed by atoms with Gasteiger partial charge in [0.15, 0.2) is 0 Å². The molecule has 164 valence electrons. The number of hydrogen-bond donors (Lipinski definition) is 0. The van der Waals surface area contributed by atoms with Crippen molar-refractivity contribution in [3.63, 3.8) is 0 Å². The number of Topliss-reactive ketones (excluding diaryl/α,β-unsaturated/α-hetero) is 1. The van der Waals surface area contributed by atoms with Crippen LogP contribution in [0.15, 0.2) is 28.7 Å². The van der Waals surface area contributed by atoms with Crippen molar-refractivity contribution in [2.45, 2.75) is 74.1 Å². The molecule has 0 N–H and O–H groups in total. The van der Waals surface area contributed by atoms with Crippen molar-refractivity contribution in [2.24, 2.45) is 0 Å². The quantitative estimate of drug-likeness (QED) is 0.253. The summed E-state index contributed by atoms with van der Waals surface area (Å²) in [4.78, 5) is 23.7. The second-order valence-corrected chi connectivity index (χ2v) is 8.11. The van der Waals surface area contributed by atoms with Crippen LogP contribution in [0.1, 0.15) is 78.4 Å². The van der Waals surface area contributed by atoms with Crippen molar-refractivity contribution < 1.29 is 14.3 Å². The molecule has 0 aliphatic rings. The van der Waals surface area contributed by atoms with Crippen LogP contribution in [0.4, 0.5) is 0 Å². The maximum Gasteiger partial charge on any atom is 0.379 e. The molecular weight excluding hydrogens is 440 g/mol. The highest BCUT2D eigenvalue weighted by atomic mass is 79.9. The Morgan fingerprint density at radius 3 is 1.43 bits per heavy atom. The summed E-state index contributed by atoms with van der Waals surface area (Å²) in [6.07, 6.45) is 3.68. The lowest BCUT2D eigenvalue weighted by Crippen LogP contribution is -2.21. The summed E-state index contributed by atoms with van der Waals surface area (Å²) in [7, 11) is 0. The fourth-order valence-electron chi connectivity index (χ4n) is 3.53. The first-order valence-corrected chi connectivity index (χ1v) is 11.6. The van der Waals surface area contributed by atoms with E-state index < -0.39 is 11.8 Å². The maximum absolute atomic E-state index is 12.1. The fraction of sp³-hybridized carbons (Fsp3) is 0.462. The number of halogens is 1.